The molecule has 102 valence electrons. The molecular weight excluding hydrogens is 208 g/mol. The predicted molar refractivity (Wildman–Crippen MR) is 76.3 cm³/mol. The van der Waals surface area contributed by atoms with Crippen LogP contribution in [0.4, 0.5) is 0 Å². The minimum absolute atomic E-state index is 0.366. The zero-order valence-electron chi connectivity index (χ0n) is 13.1. The Kier molecular flexibility index (Phi) is 4.65. The normalized spacial score (nSPS) is 26.1. The molecule has 2 heteroatoms. The molecule has 0 bridgehead atoms. The quantitative estimate of drug-likeness (QED) is 0.728. The molecule has 17 heavy (non-hydrogen) atoms. The van der Waals surface area contributed by atoms with Crippen LogP contribution in [0.2, 0.25) is 0 Å². The molecular formula is C15H32N2. The van der Waals surface area contributed by atoms with E-state index in [1.807, 2.05) is 0 Å². The Labute approximate surface area is 108 Å². The Morgan fingerprint density at radius 2 is 1.65 bits per heavy atom. The monoisotopic (exact) mass is 240 g/mol. The average Bonchev–Trinajstić information content (AvgIpc) is 2.13. The molecule has 0 saturated carbocycles. The van der Waals surface area contributed by atoms with Gasteiger partial charge in [-0.3, -0.25) is 4.90 Å². The van der Waals surface area contributed by atoms with Crippen molar-refractivity contribution in [3.8, 4) is 0 Å². The Bertz CT molecular complexity index is 245. The fourth-order valence-corrected chi connectivity index (χ4v) is 3.02. The molecule has 0 aromatic heterocycles. The van der Waals surface area contributed by atoms with Gasteiger partial charge in [-0.25, -0.2) is 0 Å². The van der Waals surface area contributed by atoms with Gasteiger partial charge in [-0.2, -0.15) is 0 Å². The van der Waals surface area contributed by atoms with Crippen LogP contribution in [0, 0.1) is 11.3 Å². The molecule has 3 atom stereocenters. The third-order valence-corrected chi connectivity index (χ3v) is 5.26. The fraction of sp³-hybridized carbons (Fsp3) is 1.00. The minimum Gasteiger partial charge on any atom is -0.306 e. The van der Waals surface area contributed by atoms with Gasteiger partial charge in [-0.05, 0) is 45.7 Å². The Morgan fingerprint density at radius 1 is 1.12 bits per heavy atom. The predicted octanol–water partition coefficient (Wildman–Crippen LogP) is 3.08. The van der Waals surface area contributed by atoms with Crippen molar-refractivity contribution in [2.45, 2.75) is 66.1 Å². The molecule has 0 aromatic carbocycles. The Hall–Kier alpha value is -0.0800. The van der Waals surface area contributed by atoms with E-state index in [1.165, 1.54) is 13.0 Å². The summed E-state index contributed by atoms with van der Waals surface area (Å²) < 4.78 is 0. The molecule has 0 amide bonds. The van der Waals surface area contributed by atoms with Crippen molar-refractivity contribution in [3.05, 3.63) is 0 Å². The second kappa shape index (κ2) is 5.27. The van der Waals surface area contributed by atoms with Crippen molar-refractivity contribution in [1.29, 1.82) is 0 Å². The van der Waals surface area contributed by atoms with E-state index >= 15 is 0 Å². The maximum absolute atomic E-state index is 2.71. The zero-order valence-corrected chi connectivity index (χ0v) is 13.1. The van der Waals surface area contributed by atoms with Crippen LogP contribution >= 0.6 is 0 Å². The van der Waals surface area contributed by atoms with Crippen LogP contribution in [0.3, 0.4) is 0 Å². The average molecular weight is 240 g/mol. The van der Waals surface area contributed by atoms with Gasteiger partial charge in [-0.15, -0.1) is 0 Å². The summed E-state index contributed by atoms with van der Waals surface area (Å²) in [6.07, 6.45) is 1.36. The third kappa shape index (κ3) is 2.85. The van der Waals surface area contributed by atoms with Gasteiger partial charge in [-0.1, -0.05) is 27.7 Å². The van der Waals surface area contributed by atoms with Crippen LogP contribution < -0.4 is 0 Å². The number of likely N-dealkylation sites (tertiary alicyclic amines) is 1. The highest BCUT2D eigenvalue weighted by atomic mass is 15.3. The first-order chi connectivity index (χ1) is 7.69. The standard InChI is InChI=1S/C15H32N2/c1-11(2)12(3)17-10-9-14(17)15(5,6)13(4)16(7)8/h11-14H,9-10H2,1-8H3. The molecule has 0 aromatic rings. The summed E-state index contributed by atoms with van der Waals surface area (Å²) in [5.41, 5.74) is 0.366. The van der Waals surface area contributed by atoms with E-state index < -0.39 is 0 Å². The molecule has 1 fully saturated rings. The molecule has 0 radical (unpaired) electrons. The summed E-state index contributed by atoms with van der Waals surface area (Å²) in [7, 11) is 4.39. The maximum atomic E-state index is 2.71. The van der Waals surface area contributed by atoms with Crippen LogP contribution in [-0.4, -0.2) is 48.6 Å². The highest BCUT2D eigenvalue weighted by molar-refractivity contribution is 5.00. The summed E-state index contributed by atoms with van der Waals surface area (Å²) in [6, 6.07) is 2.08. The lowest BCUT2D eigenvalue weighted by molar-refractivity contribution is -0.0646. The molecule has 1 heterocycles. The fourth-order valence-electron chi connectivity index (χ4n) is 3.02. The highest BCUT2D eigenvalue weighted by Crippen LogP contribution is 2.40. The summed E-state index contributed by atoms with van der Waals surface area (Å²) in [5, 5.41) is 0. The summed E-state index contributed by atoms with van der Waals surface area (Å²) in [4.78, 5) is 5.07. The number of nitrogens with zero attached hydrogens (tertiary/aromatic N) is 2. The first-order valence-electron chi connectivity index (χ1n) is 7.11. The van der Waals surface area contributed by atoms with Crippen molar-refractivity contribution >= 4 is 0 Å². The first kappa shape index (κ1) is 15.0. The van der Waals surface area contributed by atoms with Crippen LogP contribution in [0.25, 0.3) is 0 Å². The van der Waals surface area contributed by atoms with Gasteiger partial charge in [0.1, 0.15) is 0 Å². The van der Waals surface area contributed by atoms with Crippen molar-refractivity contribution in [3.63, 3.8) is 0 Å². The van der Waals surface area contributed by atoms with Crippen LogP contribution in [-0.2, 0) is 0 Å². The molecule has 1 aliphatic heterocycles. The summed E-state index contributed by atoms with van der Waals surface area (Å²) in [5.74, 6) is 0.753. The SMILES string of the molecule is CC(C)C(C)N1CCC1C(C)(C)C(C)N(C)C. The van der Waals surface area contributed by atoms with Gasteiger partial charge >= 0.3 is 0 Å². The topological polar surface area (TPSA) is 6.48 Å². The largest absolute Gasteiger partial charge is 0.306 e. The van der Waals surface area contributed by atoms with E-state index in [2.05, 4.69) is 65.4 Å². The van der Waals surface area contributed by atoms with E-state index in [9.17, 15) is 0 Å². The molecule has 0 spiro atoms. The van der Waals surface area contributed by atoms with Crippen LogP contribution in [0.5, 0.6) is 0 Å². The van der Waals surface area contributed by atoms with Crippen molar-refractivity contribution in [2.24, 2.45) is 11.3 Å². The van der Waals surface area contributed by atoms with Gasteiger partial charge in [0.25, 0.3) is 0 Å². The van der Waals surface area contributed by atoms with Crippen LogP contribution in [0.1, 0.15) is 48.0 Å². The maximum Gasteiger partial charge on any atom is 0.0176 e. The lowest BCUT2D eigenvalue weighted by Crippen LogP contribution is -2.63. The van der Waals surface area contributed by atoms with E-state index in [-0.39, 0.29) is 0 Å². The first-order valence-corrected chi connectivity index (χ1v) is 7.11. The smallest absolute Gasteiger partial charge is 0.0176 e. The van der Waals surface area contributed by atoms with E-state index in [4.69, 9.17) is 0 Å². The summed E-state index contributed by atoms with van der Waals surface area (Å²) >= 11 is 0. The van der Waals surface area contributed by atoms with Crippen molar-refractivity contribution in [1.82, 2.24) is 9.80 Å². The third-order valence-electron chi connectivity index (χ3n) is 5.26. The summed E-state index contributed by atoms with van der Waals surface area (Å²) in [6.45, 7) is 15.6. The lowest BCUT2D eigenvalue weighted by Gasteiger charge is -2.56. The van der Waals surface area contributed by atoms with Gasteiger partial charge in [0.05, 0.1) is 0 Å². The second-order valence-electron chi connectivity index (χ2n) is 6.99. The molecule has 1 rings (SSSR count). The Balaban J connectivity index is 2.73. The minimum atomic E-state index is 0.366. The molecule has 2 nitrogen and oxygen atoms in total. The molecule has 3 unspecified atom stereocenters. The second-order valence-corrected chi connectivity index (χ2v) is 6.99. The number of rotatable bonds is 5. The van der Waals surface area contributed by atoms with Gasteiger partial charge in [0.2, 0.25) is 0 Å². The van der Waals surface area contributed by atoms with Gasteiger partial charge in [0, 0.05) is 24.7 Å². The van der Waals surface area contributed by atoms with E-state index in [0.717, 1.165) is 12.0 Å². The van der Waals surface area contributed by atoms with Gasteiger partial charge < -0.3 is 4.90 Å². The number of hydrogen-bond donors (Lipinski definition) is 0. The number of hydrogen-bond acceptors (Lipinski definition) is 2. The highest BCUT2D eigenvalue weighted by Gasteiger charge is 2.45. The van der Waals surface area contributed by atoms with Gasteiger partial charge in [0.15, 0.2) is 0 Å². The van der Waals surface area contributed by atoms with E-state index in [0.29, 0.717) is 17.5 Å². The molecule has 1 saturated heterocycles. The van der Waals surface area contributed by atoms with Crippen molar-refractivity contribution < 1.29 is 0 Å². The Morgan fingerprint density at radius 3 is 1.94 bits per heavy atom. The van der Waals surface area contributed by atoms with Crippen molar-refractivity contribution in [2.75, 3.05) is 20.6 Å². The molecule has 1 aliphatic rings. The molecule has 0 N–H and O–H groups in total. The van der Waals surface area contributed by atoms with Crippen LogP contribution in [0.15, 0.2) is 0 Å². The van der Waals surface area contributed by atoms with E-state index in [1.54, 1.807) is 0 Å². The molecule has 0 aliphatic carbocycles. The lowest BCUT2D eigenvalue weighted by atomic mass is 9.71. The zero-order chi connectivity index (χ0) is 13.4.